The van der Waals surface area contributed by atoms with Gasteiger partial charge in [-0.2, -0.15) is 0 Å². The van der Waals surface area contributed by atoms with Crippen LogP contribution in [0.4, 0.5) is 21.6 Å². The highest BCUT2D eigenvalue weighted by molar-refractivity contribution is 6.04. The van der Waals surface area contributed by atoms with E-state index in [9.17, 15) is 9.18 Å². The maximum absolute atomic E-state index is 13.1. The summed E-state index contributed by atoms with van der Waals surface area (Å²) in [5.74, 6) is 0.517. The fourth-order valence-electron chi connectivity index (χ4n) is 2.04. The Balaban J connectivity index is 1.66. The first-order valence-electron chi connectivity index (χ1n) is 6.97. The molecule has 0 atom stereocenters. The largest absolute Gasteiger partial charge is 0.360 e. The fraction of sp³-hybridized carbons (Fsp3) is 0.0588. The average molecular weight is 311 g/mol. The number of hydrogen-bond donors (Lipinski definition) is 2. The van der Waals surface area contributed by atoms with Crippen LogP contribution in [-0.2, 0) is 0 Å². The molecule has 6 heteroatoms. The van der Waals surface area contributed by atoms with Gasteiger partial charge in [0, 0.05) is 23.0 Å². The predicted molar refractivity (Wildman–Crippen MR) is 85.3 cm³/mol. The molecule has 5 nitrogen and oxygen atoms in total. The third-order valence-electron chi connectivity index (χ3n) is 3.13. The number of carbonyl (C=O) groups excluding carboxylic acids is 1. The summed E-state index contributed by atoms with van der Waals surface area (Å²) < 4.78 is 18.1. The van der Waals surface area contributed by atoms with Crippen molar-refractivity contribution in [2.45, 2.75) is 6.92 Å². The first kappa shape index (κ1) is 14.8. The van der Waals surface area contributed by atoms with Crippen molar-refractivity contribution < 1.29 is 13.7 Å². The second kappa shape index (κ2) is 6.31. The molecule has 3 rings (SSSR count). The van der Waals surface area contributed by atoms with Gasteiger partial charge in [0.1, 0.15) is 11.6 Å². The maximum atomic E-state index is 13.1. The van der Waals surface area contributed by atoms with E-state index in [4.69, 9.17) is 4.52 Å². The van der Waals surface area contributed by atoms with Crippen molar-refractivity contribution in [3.05, 3.63) is 71.7 Å². The topological polar surface area (TPSA) is 67.2 Å². The molecule has 2 aromatic carbocycles. The molecule has 0 aliphatic carbocycles. The number of halogens is 1. The van der Waals surface area contributed by atoms with E-state index in [0.29, 0.717) is 17.3 Å². The van der Waals surface area contributed by atoms with Crippen molar-refractivity contribution in [3.63, 3.8) is 0 Å². The molecule has 0 aliphatic heterocycles. The molecule has 116 valence electrons. The number of benzene rings is 2. The summed E-state index contributed by atoms with van der Waals surface area (Å²) >= 11 is 0. The molecule has 0 fully saturated rings. The molecule has 0 bridgehead atoms. The van der Waals surface area contributed by atoms with Gasteiger partial charge in [0.2, 0.25) is 0 Å². The van der Waals surface area contributed by atoms with Gasteiger partial charge in [0.25, 0.3) is 5.91 Å². The zero-order valence-corrected chi connectivity index (χ0v) is 12.3. The molecule has 0 spiro atoms. The van der Waals surface area contributed by atoms with Gasteiger partial charge >= 0.3 is 0 Å². The van der Waals surface area contributed by atoms with Crippen molar-refractivity contribution in [3.8, 4) is 0 Å². The van der Waals surface area contributed by atoms with Crippen LogP contribution in [0, 0.1) is 12.7 Å². The summed E-state index contributed by atoms with van der Waals surface area (Å²) in [5.41, 5.74) is 1.69. The van der Waals surface area contributed by atoms with Gasteiger partial charge in [-0.1, -0.05) is 11.2 Å². The lowest BCUT2D eigenvalue weighted by Gasteiger charge is -2.07. The average Bonchev–Trinajstić information content (AvgIpc) is 2.94. The van der Waals surface area contributed by atoms with Crippen LogP contribution in [0.2, 0.25) is 0 Å². The zero-order valence-electron chi connectivity index (χ0n) is 12.3. The number of hydrogen-bond acceptors (Lipinski definition) is 4. The van der Waals surface area contributed by atoms with Crippen LogP contribution >= 0.6 is 0 Å². The number of carbonyl (C=O) groups is 1. The van der Waals surface area contributed by atoms with E-state index >= 15 is 0 Å². The predicted octanol–water partition coefficient (Wildman–Crippen LogP) is 4.12. The van der Waals surface area contributed by atoms with Crippen LogP contribution in [-0.4, -0.2) is 11.1 Å². The van der Waals surface area contributed by atoms with Crippen LogP contribution in [0.15, 0.2) is 59.1 Å². The van der Waals surface area contributed by atoms with Crippen LogP contribution in [0.1, 0.15) is 16.1 Å². The van der Waals surface area contributed by atoms with Gasteiger partial charge in [-0.15, -0.1) is 0 Å². The summed E-state index contributed by atoms with van der Waals surface area (Å²) in [4.78, 5) is 12.0. The zero-order chi connectivity index (χ0) is 16.2. The summed E-state index contributed by atoms with van der Waals surface area (Å²) in [6.45, 7) is 1.81. The molecule has 3 aromatic rings. The van der Waals surface area contributed by atoms with E-state index in [1.54, 1.807) is 36.4 Å². The molecule has 2 N–H and O–H groups in total. The molecular weight excluding hydrogens is 297 g/mol. The Morgan fingerprint density at radius 2 is 1.83 bits per heavy atom. The first-order chi connectivity index (χ1) is 11.1. The SMILES string of the molecule is Cc1cc(Nc2ccc(NC(=O)c3cccc(F)c3)cc2)no1. The first-order valence-corrected chi connectivity index (χ1v) is 6.97. The van der Waals surface area contributed by atoms with E-state index in [-0.39, 0.29) is 11.5 Å². The van der Waals surface area contributed by atoms with Crippen LogP contribution in [0.3, 0.4) is 0 Å². The number of nitrogens with one attached hydrogen (secondary N) is 2. The third kappa shape index (κ3) is 3.74. The van der Waals surface area contributed by atoms with Gasteiger partial charge in [-0.05, 0) is 49.4 Å². The van der Waals surface area contributed by atoms with Gasteiger partial charge in [0.15, 0.2) is 5.82 Å². The van der Waals surface area contributed by atoms with E-state index in [1.807, 2.05) is 6.92 Å². The highest BCUT2D eigenvalue weighted by Gasteiger charge is 2.07. The highest BCUT2D eigenvalue weighted by Crippen LogP contribution is 2.19. The van der Waals surface area contributed by atoms with Crippen molar-refractivity contribution in [2.75, 3.05) is 10.6 Å². The van der Waals surface area contributed by atoms with Gasteiger partial charge < -0.3 is 15.2 Å². The maximum Gasteiger partial charge on any atom is 0.255 e. The summed E-state index contributed by atoms with van der Waals surface area (Å²) in [6.07, 6.45) is 0. The Morgan fingerprint density at radius 1 is 1.09 bits per heavy atom. The minimum absolute atomic E-state index is 0.269. The Labute approximate surface area is 132 Å². The Kier molecular flexibility index (Phi) is 4.05. The number of aryl methyl sites for hydroxylation is 1. The standard InChI is InChI=1S/C17H14FN3O2/c1-11-9-16(21-23-11)19-14-5-7-15(8-6-14)20-17(22)12-3-2-4-13(18)10-12/h2-10H,1H3,(H,19,21)(H,20,22). The summed E-state index contributed by atoms with van der Waals surface area (Å²) in [6, 6.07) is 14.4. The van der Waals surface area contributed by atoms with Crippen LogP contribution in [0.5, 0.6) is 0 Å². The smallest absolute Gasteiger partial charge is 0.255 e. The molecular formula is C17H14FN3O2. The van der Waals surface area contributed by atoms with Crippen LogP contribution in [0.25, 0.3) is 0 Å². The van der Waals surface area contributed by atoms with Gasteiger partial charge in [0.05, 0.1) is 0 Å². The Hall–Kier alpha value is -3.15. The second-order valence-corrected chi connectivity index (χ2v) is 4.99. The quantitative estimate of drug-likeness (QED) is 0.760. The molecule has 1 aromatic heterocycles. The van der Waals surface area contributed by atoms with Crippen molar-refractivity contribution in [1.82, 2.24) is 5.16 Å². The third-order valence-corrected chi connectivity index (χ3v) is 3.13. The van der Waals surface area contributed by atoms with E-state index in [2.05, 4.69) is 15.8 Å². The Morgan fingerprint density at radius 3 is 2.48 bits per heavy atom. The molecule has 0 radical (unpaired) electrons. The lowest BCUT2D eigenvalue weighted by molar-refractivity contribution is 0.102. The summed E-state index contributed by atoms with van der Waals surface area (Å²) in [5, 5.41) is 9.63. The highest BCUT2D eigenvalue weighted by atomic mass is 19.1. The van der Waals surface area contributed by atoms with Crippen LogP contribution < -0.4 is 10.6 Å². The molecule has 0 saturated carbocycles. The molecule has 0 saturated heterocycles. The van der Waals surface area contributed by atoms with Gasteiger partial charge in [-0.25, -0.2) is 4.39 Å². The minimum Gasteiger partial charge on any atom is -0.360 e. The number of aromatic nitrogens is 1. The second-order valence-electron chi connectivity index (χ2n) is 4.99. The molecule has 1 heterocycles. The lowest BCUT2D eigenvalue weighted by Crippen LogP contribution is -2.11. The Bertz CT molecular complexity index is 828. The number of anilines is 3. The number of nitrogens with zero attached hydrogens (tertiary/aromatic N) is 1. The normalized spacial score (nSPS) is 10.3. The van der Waals surface area contributed by atoms with E-state index in [0.717, 1.165) is 5.69 Å². The summed E-state index contributed by atoms with van der Waals surface area (Å²) in [7, 11) is 0. The van der Waals surface area contributed by atoms with E-state index in [1.165, 1.54) is 18.2 Å². The molecule has 0 unspecified atom stereocenters. The lowest BCUT2D eigenvalue weighted by atomic mass is 10.2. The molecule has 1 amide bonds. The monoisotopic (exact) mass is 311 g/mol. The molecule has 0 aliphatic rings. The van der Waals surface area contributed by atoms with Crippen molar-refractivity contribution in [2.24, 2.45) is 0 Å². The number of rotatable bonds is 4. The molecule has 23 heavy (non-hydrogen) atoms. The van der Waals surface area contributed by atoms with Crippen molar-refractivity contribution >= 4 is 23.1 Å². The van der Waals surface area contributed by atoms with Gasteiger partial charge in [-0.3, -0.25) is 4.79 Å². The van der Waals surface area contributed by atoms with E-state index < -0.39 is 5.82 Å². The number of amides is 1. The fourth-order valence-corrected chi connectivity index (χ4v) is 2.04. The van der Waals surface area contributed by atoms with Crippen molar-refractivity contribution in [1.29, 1.82) is 0 Å². The minimum atomic E-state index is -0.444.